The first-order valence-electron chi connectivity index (χ1n) is 12.4. The van der Waals surface area contributed by atoms with Gasteiger partial charge in [0.2, 0.25) is 5.91 Å². The van der Waals surface area contributed by atoms with Gasteiger partial charge in [-0.2, -0.15) is 0 Å². The fourth-order valence-electron chi connectivity index (χ4n) is 4.84. The summed E-state index contributed by atoms with van der Waals surface area (Å²) in [6.45, 7) is 1.94. The number of aromatic amines is 1. The van der Waals surface area contributed by atoms with Crippen LogP contribution in [0.2, 0.25) is 0 Å². The summed E-state index contributed by atoms with van der Waals surface area (Å²) in [4.78, 5) is 28.9. The molecule has 2 heterocycles. The molecular weight excluding hydrogens is 438 g/mol. The van der Waals surface area contributed by atoms with Gasteiger partial charge in [0.1, 0.15) is 6.10 Å². The van der Waals surface area contributed by atoms with Crippen molar-refractivity contribution in [2.45, 2.75) is 31.8 Å². The number of piperidine rings is 1. The van der Waals surface area contributed by atoms with Crippen LogP contribution in [0.4, 0.5) is 0 Å². The van der Waals surface area contributed by atoms with E-state index in [1.807, 2.05) is 42.6 Å². The molecule has 35 heavy (non-hydrogen) atoms. The molecule has 1 amide bonds. The van der Waals surface area contributed by atoms with Gasteiger partial charge in [-0.3, -0.25) is 9.59 Å². The van der Waals surface area contributed by atoms with Crippen LogP contribution in [0.25, 0.3) is 21.7 Å². The number of carbonyl (C=O) groups excluding carboxylic acids is 2. The van der Waals surface area contributed by atoms with E-state index in [-0.39, 0.29) is 30.8 Å². The van der Waals surface area contributed by atoms with Crippen molar-refractivity contribution in [1.82, 2.24) is 15.6 Å². The second kappa shape index (κ2) is 10.7. The van der Waals surface area contributed by atoms with Gasteiger partial charge in [0.05, 0.1) is 18.9 Å². The standard InChI is InChI=1S/C29H31N3O3/c33-28(17-24-18-31-27-8-4-3-7-26(24)27)32-19-25(35-29(34)22-11-13-30-14-12-22)16-20-9-10-21-5-1-2-6-23(21)15-20/h1-10,15,18,22,25,30-31H,11-14,16-17,19H2,(H,32,33). The Balaban J connectivity index is 1.26. The van der Waals surface area contributed by atoms with Crippen molar-refractivity contribution in [1.29, 1.82) is 0 Å². The van der Waals surface area contributed by atoms with Crippen molar-refractivity contribution in [3.05, 3.63) is 84.1 Å². The summed E-state index contributed by atoms with van der Waals surface area (Å²) in [7, 11) is 0. The number of hydrogen-bond acceptors (Lipinski definition) is 4. The van der Waals surface area contributed by atoms with Crippen LogP contribution in [0.5, 0.6) is 0 Å². The predicted molar refractivity (Wildman–Crippen MR) is 138 cm³/mol. The molecule has 0 radical (unpaired) electrons. The SMILES string of the molecule is O=C(Cc1c[nH]c2ccccc12)NCC(Cc1ccc2ccccc2c1)OC(=O)C1CCNCC1. The lowest BCUT2D eigenvalue weighted by Gasteiger charge is -2.25. The highest BCUT2D eigenvalue weighted by Gasteiger charge is 2.26. The zero-order valence-corrected chi connectivity index (χ0v) is 19.8. The first-order valence-corrected chi connectivity index (χ1v) is 12.4. The second-order valence-electron chi connectivity index (χ2n) is 9.31. The number of H-pyrrole nitrogens is 1. The van der Waals surface area contributed by atoms with Crippen LogP contribution in [0.3, 0.4) is 0 Å². The number of rotatable bonds is 8. The largest absolute Gasteiger partial charge is 0.460 e. The summed E-state index contributed by atoms with van der Waals surface area (Å²) in [5.74, 6) is -0.336. The number of fused-ring (bicyclic) bond motifs is 2. The van der Waals surface area contributed by atoms with Crippen molar-refractivity contribution < 1.29 is 14.3 Å². The number of nitrogens with one attached hydrogen (secondary N) is 3. The number of ether oxygens (including phenoxy) is 1. The molecule has 0 bridgehead atoms. The summed E-state index contributed by atoms with van der Waals surface area (Å²) >= 11 is 0. The molecule has 6 nitrogen and oxygen atoms in total. The zero-order chi connectivity index (χ0) is 24.0. The highest BCUT2D eigenvalue weighted by Crippen LogP contribution is 2.20. The summed E-state index contributed by atoms with van der Waals surface area (Å²) in [6, 6.07) is 22.4. The van der Waals surface area contributed by atoms with Crippen molar-refractivity contribution in [3.8, 4) is 0 Å². The van der Waals surface area contributed by atoms with Crippen molar-refractivity contribution in [3.63, 3.8) is 0 Å². The van der Waals surface area contributed by atoms with Gasteiger partial charge in [0.15, 0.2) is 0 Å². The lowest BCUT2D eigenvalue weighted by molar-refractivity contribution is -0.155. The van der Waals surface area contributed by atoms with E-state index < -0.39 is 6.10 Å². The monoisotopic (exact) mass is 469 g/mol. The van der Waals surface area contributed by atoms with Gasteiger partial charge in [-0.15, -0.1) is 0 Å². The van der Waals surface area contributed by atoms with Gasteiger partial charge in [-0.25, -0.2) is 0 Å². The molecule has 1 atom stereocenters. The molecule has 1 aromatic heterocycles. The minimum Gasteiger partial charge on any atom is -0.460 e. The van der Waals surface area contributed by atoms with Crippen LogP contribution in [-0.4, -0.2) is 42.6 Å². The Kier molecular flexibility index (Phi) is 7.09. The molecule has 3 aromatic carbocycles. The van der Waals surface area contributed by atoms with Crippen molar-refractivity contribution in [2.24, 2.45) is 5.92 Å². The third kappa shape index (κ3) is 5.72. The second-order valence-corrected chi connectivity index (χ2v) is 9.31. The molecule has 0 spiro atoms. The molecule has 1 saturated heterocycles. The van der Waals surface area contributed by atoms with Crippen LogP contribution in [0.15, 0.2) is 72.9 Å². The van der Waals surface area contributed by atoms with E-state index in [1.165, 1.54) is 5.39 Å². The van der Waals surface area contributed by atoms with Gasteiger partial charge >= 0.3 is 5.97 Å². The molecule has 0 saturated carbocycles. The molecule has 4 aromatic rings. The molecule has 5 rings (SSSR count). The minimum absolute atomic E-state index is 0.0859. The van der Waals surface area contributed by atoms with Crippen LogP contribution in [0, 0.1) is 5.92 Å². The van der Waals surface area contributed by atoms with E-state index in [4.69, 9.17) is 4.74 Å². The Morgan fingerprint density at radius 2 is 1.74 bits per heavy atom. The van der Waals surface area contributed by atoms with E-state index in [1.54, 1.807) is 0 Å². The lowest BCUT2D eigenvalue weighted by Crippen LogP contribution is -2.39. The third-order valence-electron chi connectivity index (χ3n) is 6.79. The molecular formula is C29H31N3O3. The van der Waals surface area contributed by atoms with Crippen LogP contribution in [-0.2, 0) is 27.2 Å². The van der Waals surface area contributed by atoms with Gasteiger partial charge in [-0.05, 0) is 53.9 Å². The number of amides is 1. The molecule has 0 aliphatic carbocycles. The van der Waals surface area contributed by atoms with Crippen LogP contribution in [0.1, 0.15) is 24.0 Å². The number of esters is 1. The van der Waals surface area contributed by atoms with E-state index in [9.17, 15) is 9.59 Å². The predicted octanol–water partition coefficient (Wildman–Crippen LogP) is 4.13. The maximum atomic E-state index is 12.9. The molecule has 1 aliphatic heterocycles. The zero-order valence-electron chi connectivity index (χ0n) is 19.8. The Hall–Kier alpha value is -3.64. The Labute approximate surface area is 205 Å². The Morgan fingerprint density at radius 1 is 0.971 bits per heavy atom. The number of hydrogen-bond donors (Lipinski definition) is 3. The minimum atomic E-state index is -0.425. The summed E-state index contributed by atoms with van der Waals surface area (Å²) in [6.07, 6.45) is 3.85. The smallest absolute Gasteiger partial charge is 0.309 e. The number of carbonyl (C=O) groups is 2. The summed E-state index contributed by atoms with van der Waals surface area (Å²) in [5.41, 5.74) is 3.05. The van der Waals surface area contributed by atoms with Gasteiger partial charge in [-0.1, -0.05) is 60.7 Å². The van der Waals surface area contributed by atoms with E-state index >= 15 is 0 Å². The van der Waals surface area contributed by atoms with Crippen LogP contribution >= 0.6 is 0 Å². The first kappa shape index (κ1) is 23.1. The normalized spacial score (nSPS) is 15.2. The van der Waals surface area contributed by atoms with Gasteiger partial charge in [0.25, 0.3) is 0 Å². The number of benzene rings is 3. The average Bonchev–Trinajstić information content (AvgIpc) is 3.30. The molecule has 1 aliphatic rings. The fourth-order valence-corrected chi connectivity index (χ4v) is 4.84. The number of aromatic nitrogens is 1. The number of para-hydroxylation sites is 1. The molecule has 3 N–H and O–H groups in total. The summed E-state index contributed by atoms with van der Waals surface area (Å²) < 4.78 is 5.97. The average molecular weight is 470 g/mol. The maximum absolute atomic E-state index is 12.9. The van der Waals surface area contributed by atoms with E-state index in [0.717, 1.165) is 53.3 Å². The molecule has 1 unspecified atom stereocenters. The topological polar surface area (TPSA) is 83.2 Å². The first-order chi connectivity index (χ1) is 17.2. The summed E-state index contributed by atoms with van der Waals surface area (Å²) in [5, 5.41) is 9.67. The van der Waals surface area contributed by atoms with E-state index in [2.05, 4.69) is 45.9 Å². The van der Waals surface area contributed by atoms with Gasteiger partial charge < -0.3 is 20.4 Å². The van der Waals surface area contributed by atoms with Gasteiger partial charge in [0, 0.05) is 23.5 Å². The lowest BCUT2D eigenvalue weighted by atomic mass is 9.98. The highest BCUT2D eigenvalue weighted by molar-refractivity contribution is 5.89. The van der Waals surface area contributed by atoms with Crippen molar-refractivity contribution in [2.75, 3.05) is 19.6 Å². The quantitative estimate of drug-likeness (QED) is 0.339. The highest BCUT2D eigenvalue weighted by atomic mass is 16.5. The Bertz CT molecular complexity index is 1320. The maximum Gasteiger partial charge on any atom is 0.309 e. The van der Waals surface area contributed by atoms with Crippen molar-refractivity contribution >= 4 is 33.6 Å². The molecule has 180 valence electrons. The molecule has 1 fully saturated rings. The fraction of sp³-hybridized carbons (Fsp3) is 0.310. The Morgan fingerprint density at radius 3 is 2.60 bits per heavy atom. The van der Waals surface area contributed by atoms with Crippen LogP contribution < -0.4 is 10.6 Å². The third-order valence-corrected chi connectivity index (χ3v) is 6.79. The van der Waals surface area contributed by atoms with E-state index in [0.29, 0.717) is 6.42 Å². The molecule has 6 heteroatoms.